The van der Waals surface area contributed by atoms with E-state index in [4.69, 9.17) is 0 Å². The van der Waals surface area contributed by atoms with Gasteiger partial charge in [-0.3, -0.25) is 0 Å². The van der Waals surface area contributed by atoms with E-state index in [0.717, 1.165) is 0 Å². The van der Waals surface area contributed by atoms with E-state index < -0.39 is 0 Å². The average molecular weight is 248 g/mol. The van der Waals surface area contributed by atoms with Crippen LogP contribution in [0.4, 0.5) is 0 Å². The van der Waals surface area contributed by atoms with Gasteiger partial charge in [0.2, 0.25) is 0 Å². The predicted molar refractivity (Wildman–Crippen MR) is 82.8 cm³/mol. The van der Waals surface area contributed by atoms with Gasteiger partial charge in [0.25, 0.3) is 0 Å². The molecule has 1 rings (SSSR count). The lowest BCUT2D eigenvalue weighted by Crippen LogP contribution is -2.03. The minimum atomic E-state index is 0.531. The van der Waals surface area contributed by atoms with Gasteiger partial charge in [0, 0.05) is 0 Å². The molecule has 0 aromatic carbocycles. The molecular formula is C18H32. The lowest BCUT2D eigenvalue weighted by Gasteiger charge is -2.17. The minimum Gasteiger partial charge on any atom is -0.0805 e. The Labute approximate surface area is 115 Å². The van der Waals surface area contributed by atoms with E-state index in [1.165, 1.54) is 64.2 Å². The number of hydrogen-bond donors (Lipinski definition) is 0. The molecule has 0 fully saturated rings. The highest BCUT2D eigenvalue weighted by molar-refractivity contribution is 5.22. The maximum atomic E-state index is 2.35. The maximum Gasteiger partial charge on any atom is -0.0133 e. The van der Waals surface area contributed by atoms with E-state index in [0.29, 0.717) is 5.41 Å². The Morgan fingerprint density at radius 1 is 0.889 bits per heavy atom. The molecule has 0 radical (unpaired) electrons. The standard InChI is InChI=1S/C18H32/c1-18(2,3)16-12-8-6-4-5-7-9-13-17-14-10-11-15-17/h10-11,14H,4-9,12-13,15-16H2,1-3H3. The van der Waals surface area contributed by atoms with Gasteiger partial charge in [0.05, 0.1) is 0 Å². The number of allylic oxidation sites excluding steroid dienone is 4. The summed E-state index contributed by atoms with van der Waals surface area (Å²) in [6, 6.07) is 0. The van der Waals surface area contributed by atoms with Crippen LogP contribution in [-0.2, 0) is 0 Å². The normalized spacial score (nSPS) is 15.2. The lowest BCUT2D eigenvalue weighted by atomic mass is 9.89. The Kier molecular flexibility index (Phi) is 7.39. The van der Waals surface area contributed by atoms with Crippen molar-refractivity contribution in [3.63, 3.8) is 0 Å². The largest absolute Gasteiger partial charge is 0.0805 e. The van der Waals surface area contributed by atoms with Crippen LogP contribution in [0.15, 0.2) is 23.8 Å². The van der Waals surface area contributed by atoms with Gasteiger partial charge in [-0.1, -0.05) is 83.1 Å². The Hall–Kier alpha value is -0.520. The van der Waals surface area contributed by atoms with Crippen molar-refractivity contribution >= 4 is 0 Å². The molecule has 0 heteroatoms. The van der Waals surface area contributed by atoms with E-state index >= 15 is 0 Å². The molecule has 18 heavy (non-hydrogen) atoms. The van der Waals surface area contributed by atoms with Crippen LogP contribution in [-0.4, -0.2) is 0 Å². The molecule has 0 saturated heterocycles. The van der Waals surface area contributed by atoms with Gasteiger partial charge in [0.15, 0.2) is 0 Å². The molecule has 0 spiro atoms. The topological polar surface area (TPSA) is 0 Å². The first-order valence-corrected chi connectivity index (χ1v) is 7.92. The molecule has 0 amide bonds. The molecule has 0 bridgehead atoms. The summed E-state index contributed by atoms with van der Waals surface area (Å²) >= 11 is 0. The van der Waals surface area contributed by atoms with Gasteiger partial charge >= 0.3 is 0 Å². The van der Waals surface area contributed by atoms with Gasteiger partial charge in [-0.2, -0.15) is 0 Å². The quantitative estimate of drug-likeness (QED) is 0.412. The van der Waals surface area contributed by atoms with E-state index in [2.05, 4.69) is 39.0 Å². The molecule has 0 unspecified atom stereocenters. The second-order valence-corrected chi connectivity index (χ2v) is 6.99. The molecule has 0 N–H and O–H groups in total. The third-order valence-corrected chi connectivity index (χ3v) is 3.77. The van der Waals surface area contributed by atoms with Gasteiger partial charge in [-0.05, 0) is 31.1 Å². The zero-order chi connectivity index (χ0) is 13.3. The van der Waals surface area contributed by atoms with Crippen molar-refractivity contribution in [2.75, 3.05) is 0 Å². The molecule has 0 aromatic rings. The fourth-order valence-electron chi connectivity index (χ4n) is 2.57. The highest BCUT2D eigenvalue weighted by atomic mass is 14.1. The molecule has 0 atom stereocenters. The Balaban J connectivity index is 1.79. The number of rotatable bonds is 9. The first kappa shape index (κ1) is 15.5. The zero-order valence-electron chi connectivity index (χ0n) is 12.8. The van der Waals surface area contributed by atoms with Crippen molar-refractivity contribution < 1.29 is 0 Å². The second kappa shape index (κ2) is 8.56. The highest BCUT2D eigenvalue weighted by Crippen LogP contribution is 2.23. The van der Waals surface area contributed by atoms with Gasteiger partial charge in [-0.15, -0.1) is 0 Å². The molecule has 0 aromatic heterocycles. The summed E-state index contributed by atoms with van der Waals surface area (Å²) in [6.07, 6.45) is 20.7. The summed E-state index contributed by atoms with van der Waals surface area (Å²) in [5, 5.41) is 0. The van der Waals surface area contributed by atoms with E-state index in [1.807, 2.05) is 0 Å². The molecular weight excluding hydrogens is 216 g/mol. The average Bonchev–Trinajstić information content (AvgIpc) is 2.78. The fourth-order valence-corrected chi connectivity index (χ4v) is 2.57. The molecule has 0 nitrogen and oxygen atoms in total. The van der Waals surface area contributed by atoms with Gasteiger partial charge in [-0.25, -0.2) is 0 Å². The molecule has 104 valence electrons. The number of hydrogen-bond acceptors (Lipinski definition) is 0. The van der Waals surface area contributed by atoms with Crippen LogP contribution in [0.25, 0.3) is 0 Å². The molecule has 1 aliphatic carbocycles. The van der Waals surface area contributed by atoms with E-state index in [1.54, 1.807) is 5.57 Å². The summed E-state index contributed by atoms with van der Waals surface area (Å²) in [5.74, 6) is 0. The molecule has 0 heterocycles. The molecule has 0 aliphatic heterocycles. The summed E-state index contributed by atoms with van der Waals surface area (Å²) in [7, 11) is 0. The van der Waals surface area contributed by atoms with E-state index in [9.17, 15) is 0 Å². The van der Waals surface area contributed by atoms with E-state index in [-0.39, 0.29) is 0 Å². The lowest BCUT2D eigenvalue weighted by molar-refractivity contribution is 0.356. The van der Waals surface area contributed by atoms with Crippen molar-refractivity contribution in [2.24, 2.45) is 5.41 Å². The SMILES string of the molecule is CC(C)(C)CCCCCCCCCC1=CC=CC1. The summed E-state index contributed by atoms with van der Waals surface area (Å²) in [6.45, 7) is 7.04. The summed E-state index contributed by atoms with van der Waals surface area (Å²) in [4.78, 5) is 0. The third-order valence-electron chi connectivity index (χ3n) is 3.77. The van der Waals surface area contributed by atoms with Crippen molar-refractivity contribution in [1.82, 2.24) is 0 Å². The fraction of sp³-hybridized carbons (Fsp3) is 0.778. The van der Waals surface area contributed by atoms with Crippen LogP contribution < -0.4 is 0 Å². The van der Waals surface area contributed by atoms with Crippen molar-refractivity contribution in [1.29, 1.82) is 0 Å². The first-order chi connectivity index (χ1) is 8.58. The molecule has 0 saturated carbocycles. The third kappa shape index (κ3) is 8.55. The van der Waals surface area contributed by atoms with Crippen molar-refractivity contribution in [3.05, 3.63) is 23.8 Å². The molecule has 1 aliphatic rings. The van der Waals surface area contributed by atoms with Crippen molar-refractivity contribution in [2.45, 2.75) is 85.0 Å². The second-order valence-electron chi connectivity index (χ2n) is 6.99. The predicted octanol–water partition coefficient (Wildman–Crippen LogP) is 6.43. The van der Waals surface area contributed by atoms with Crippen LogP contribution in [0.2, 0.25) is 0 Å². The van der Waals surface area contributed by atoms with Crippen LogP contribution in [0.1, 0.15) is 85.0 Å². The zero-order valence-corrected chi connectivity index (χ0v) is 12.8. The van der Waals surface area contributed by atoms with Crippen LogP contribution in [0.3, 0.4) is 0 Å². The van der Waals surface area contributed by atoms with Crippen LogP contribution >= 0.6 is 0 Å². The summed E-state index contributed by atoms with van der Waals surface area (Å²) in [5.41, 5.74) is 2.17. The minimum absolute atomic E-state index is 0.531. The van der Waals surface area contributed by atoms with Gasteiger partial charge < -0.3 is 0 Å². The summed E-state index contributed by atoms with van der Waals surface area (Å²) < 4.78 is 0. The highest BCUT2D eigenvalue weighted by Gasteiger charge is 2.08. The number of unbranched alkanes of at least 4 members (excludes halogenated alkanes) is 6. The van der Waals surface area contributed by atoms with Crippen LogP contribution in [0.5, 0.6) is 0 Å². The Morgan fingerprint density at radius 2 is 1.50 bits per heavy atom. The monoisotopic (exact) mass is 248 g/mol. The Bertz CT molecular complexity index is 262. The smallest absolute Gasteiger partial charge is 0.0133 e. The van der Waals surface area contributed by atoms with Crippen LogP contribution in [0, 0.1) is 5.41 Å². The van der Waals surface area contributed by atoms with Crippen molar-refractivity contribution in [3.8, 4) is 0 Å². The van der Waals surface area contributed by atoms with Gasteiger partial charge in [0.1, 0.15) is 0 Å². The maximum absolute atomic E-state index is 2.35. The first-order valence-electron chi connectivity index (χ1n) is 7.92. The Morgan fingerprint density at radius 3 is 2.06 bits per heavy atom.